The molecule has 0 amide bonds. The SMILES string of the molecule is CCOCCOCC(=O)Oc1cc2c(s1)CCN([C@H](C(=O)OC)c1ccccc1Cl)C2. The summed E-state index contributed by atoms with van der Waals surface area (Å²) in [6.45, 7) is 4.36. The Balaban J connectivity index is 1.65. The third-order valence-corrected chi connectivity index (χ3v) is 6.33. The summed E-state index contributed by atoms with van der Waals surface area (Å²) < 4.78 is 20.9. The average molecular weight is 468 g/mol. The van der Waals surface area contributed by atoms with Crippen molar-refractivity contribution in [2.45, 2.75) is 25.9 Å². The maximum Gasteiger partial charge on any atom is 0.338 e. The Bertz CT molecular complexity index is 902. The van der Waals surface area contributed by atoms with Gasteiger partial charge in [0.1, 0.15) is 12.6 Å². The summed E-state index contributed by atoms with van der Waals surface area (Å²) in [5, 5.41) is 1.05. The monoisotopic (exact) mass is 467 g/mol. The number of rotatable bonds is 10. The maximum absolute atomic E-state index is 12.6. The molecule has 9 heteroatoms. The molecular formula is C22H26ClNO6S. The average Bonchev–Trinajstić information content (AvgIpc) is 3.16. The Labute approximate surface area is 190 Å². The van der Waals surface area contributed by atoms with Crippen LogP contribution in [0.25, 0.3) is 0 Å². The molecule has 7 nitrogen and oxygen atoms in total. The maximum atomic E-state index is 12.6. The Hall–Kier alpha value is -1.97. The number of methoxy groups -OCH3 is 1. The number of hydrogen-bond acceptors (Lipinski definition) is 8. The fourth-order valence-electron chi connectivity index (χ4n) is 3.44. The highest BCUT2D eigenvalue weighted by Gasteiger charge is 2.33. The Morgan fingerprint density at radius 2 is 2.00 bits per heavy atom. The predicted molar refractivity (Wildman–Crippen MR) is 118 cm³/mol. The molecular weight excluding hydrogens is 442 g/mol. The summed E-state index contributed by atoms with van der Waals surface area (Å²) in [6.07, 6.45) is 0.736. The smallest absolute Gasteiger partial charge is 0.338 e. The van der Waals surface area contributed by atoms with E-state index in [1.54, 1.807) is 6.07 Å². The van der Waals surface area contributed by atoms with E-state index in [9.17, 15) is 9.59 Å². The second-order valence-electron chi connectivity index (χ2n) is 6.91. The highest BCUT2D eigenvalue weighted by molar-refractivity contribution is 7.14. The number of carbonyl (C=O) groups excluding carboxylic acids is 2. The van der Waals surface area contributed by atoms with Crippen LogP contribution in [0.4, 0.5) is 0 Å². The van der Waals surface area contributed by atoms with E-state index in [1.807, 2.05) is 36.1 Å². The number of esters is 2. The molecule has 2 aromatic rings. The van der Waals surface area contributed by atoms with Gasteiger partial charge in [0.05, 0.1) is 20.3 Å². The summed E-state index contributed by atoms with van der Waals surface area (Å²) >= 11 is 7.81. The van der Waals surface area contributed by atoms with Gasteiger partial charge >= 0.3 is 11.9 Å². The van der Waals surface area contributed by atoms with Gasteiger partial charge < -0.3 is 18.9 Å². The Morgan fingerprint density at radius 1 is 1.23 bits per heavy atom. The quantitative estimate of drug-likeness (QED) is 0.390. The first kappa shape index (κ1) is 23.7. The lowest BCUT2D eigenvalue weighted by atomic mass is 10.0. The van der Waals surface area contributed by atoms with Gasteiger partial charge in [-0.1, -0.05) is 29.8 Å². The number of ether oxygens (including phenoxy) is 4. The molecule has 0 saturated heterocycles. The standard InChI is InChI=1S/C22H26ClNO6S/c1-3-28-10-11-29-14-19(25)30-20-12-15-13-24(9-8-18(15)31-20)21(22(26)27-2)16-6-4-5-7-17(16)23/h4-7,12,21H,3,8-11,13-14H2,1-2H3/t21-/m0/s1. The number of fused-ring (bicyclic) bond motifs is 1. The van der Waals surface area contributed by atoms with Crippen molar-refractivity contribution in [2.75, 3.05) is 40.1 Å². The van der Waals surface area contributed by atoms with Gasteiger partial charge in [-0.25, -0.2) is 9.59 Å². The third kappa shape index (κ3) is 6.27. The van der Waals surface area contributed by atoms with Gasteiger partial charge in [-0.15, -0.1) is 11.3 Å². The van der Waals surface area contributed by atoms with Crippen LogP contribution in [0.5, 0.6) is 5.06 Å². The minimum absolute atomic E-state index is 0.126. The van der Waals surface area contributed by atoms with Crippen LogP contribution in [-0.2, 0) is 36.8 Å². The fourth-order valence-corrected chi connectivity index (χ4v) is 4.70. The minimum Gasteiger partial charge on any atom is -0.468 e. The van der Waals surface area contributed by atoms with Crippen molar-refractivity contribution in [1.82, 2.24) is 4.90 Å². The molecule has 0 saturated carbocycles. The van der Waals surface area contributed by atoms with E-state index in [2.05, 4.69) is 0 Å². The number of thiophene rings is 1. The minimum atomic E-state index is -0.600. The van der Waals surface area contributed by atoms with Crippen molar-refractivity contribution >= 4 is 34.9 Å². The van der Waals surface area contributed by atoms with Gasteiger partial charge in [0.25, 0.3) is 0 Å². The molecule has 168 valence electrons. The Kier molecular flexibility index (Phi) is 8.86. The van der Waals surface area contributed by atoms with Crippen LogP contribution in [0.3, 0.4) is 0 Å². The molecule has 3 rings (SSSR count). The summed E-state index contributed by atoms with van der Waals surface area (Å²) in [5.74, 6) is -0.807. The van der Waals surface area contributed by atoms with E-state index in [1.165, 1.54) is 18.4 Å². The van der Waals surface area contributed by atoms with Gasteiger partial charge in [-0.05, 0) is 36.6 Å². The molecule has 1 aliphatic rings. The molecule has 0 radical (unpaired) electrons. The van der Waals surface area contributed by atoms with E-state index < -0.39 is 12.0 Å². The molecule has 0 aliphatic carbocycles. The predicted octanol–water partition coefficient (Wildman–Crippen LogP) is 3.63. The van der Waals surface area contributed by atoms with Crippen LogP contribution in [0.1, 0.15) is 29.0 Å². The highest BCUT2D eigenvalue weighted by atomic mass is 35.5. The summed E-state index contributed by atoms with van der Waals surface area (Å²) in [6, 6.07) is 8.54. The van der Waals surface area contributed by atoms with Crippen LogP contribution >= 0.6 is 22.9 Å². The summed E-state index contributed by atoms with van der Waals surface area (Å²) in [7, 11) is 1.38. The number of hydrogen-bond donors (Lipinski definition) is 0. The van der Waals surface area contributed by atoms with Gasteiger partial charge in [0, 0.05) is 29.6 Å². The van der Waals surface area contributed by atoms with Gasteiger partial charge in [0.15, 0.2) is 5.06 Å². The van der Waals surface area contributed by atoms with Crippen LogP contribution in [0.2, 0.25) is 5.02 Å². The summed E-state index contributed by atoms with van der Waals surface area (Å²) in [4.78, 5) is 27.8. The van der Waals surface area contributed by atoms with E-state index in [-0.39, 0.29) is 12.6 Å². The molecule has 0 N–H and O–H groups in total. The second-order valence-corrected chi connectivity index (χ2v) is 8.41. The zero-order chi connectivity index (χ0) is 22.2. The van der Waals surface area contributed by atoms with Crippen LogP contribution in [0.15, 0.2) is 30.3 Å². The number of carbonyl (C=O) groups is 2. The van der Waals surface area contributed by atoms with Gasteiger partial charge in [-0.3, -0.25) is 4.90 Å². The largest absolute Gasteiger partial charge is 0.468 e. The van der Waals surface area contributed by atoms with E-state index >= 15 is 0 Å². The topological polar surface area (TPSA) is 74.3 Å². The third-order valence-electron chi connectivity index (χ3n) is 4.87. The molecule has 1 aromatic carbocycles. The number of nitrogens with zero attached hydrogens (tertiary/aromatic N) is 1. The molecule has 0 bridgehead atoms. The van der Waals surface area contributed by atoms with E-state index in [4.69, 9.17) is 30.5 Å². The lowest BCUT2D eigenvalue weighted by molar-refractivity contribution is -0.147. The molecule has 0 unspecified atom stereocenters. The molecule has 1 aromatic heterocycles. The van der Waals surface area contributed by atoms with Crippen molar-refractivity contribution in [3.05, 3.63) is 51.4 Å². The lowest BCUT2D eigenvalue weighted by Crippen LogP contribution is -2.38. The van der Waals surface area contributed by atoms with Crippen LogP contribution in [0, 0.1) is 0 Å². The normalized spacial score (nSPS) is 14.7. The van der Waals surface area contributed by atoms with Crippen LogP contribution < -0.4 is 4.74 Å². The fraction of sp³-hybridized carbons (Fsp3) is 0.455. The van der Waals surface area contributed by atoms with Crippen molar-refractivity contribution < 1.29 is 28.5 Å². The molecule has 31 heavy (non-hydrogen) atoms. The van der Waals surface area contributed by atoms with E-state index in [0.29, 0.717) is 48.6 Å². The van der Waals surface area contributed by atoms with Gasteiger partial charge in [-0.2, -0.15) is 0 Å². The molecule has 1 aliphatic heterocycles. The zero-order valence-corrected chi connectivity index (χ0v) is 19.2. The number of halogens is 1. The summed E-state index contributed by atoms with van der Waals surface area (Å²) in [5.41, 5.74) is 1.74. The molecule has 1 atom stereocenters. The number of benzene rings is 1. The van der Waals surface area contributed by atoms with Crippen molar-refractivity contribution in [3.8, 4) is 5.06 Å². The first-order valence-corrected chi connectivity index (χ1v) is 11.3. The molecule has 0 fully saturated rings. The Morgan fingerprint density at radius 3 is 2.74 bits per heavy atom. The zero-order valence-electron chi connectivity index (χ0n) is 17.6. The first-order valence-electron chi connectivity index (χ1n) is 10.1. The van der Waals surface area contributed by atoms with Crippen LogP contribution in [-0.4, -0.2) is 56.9 Å². The van der Waals surface area contributed by atoms with Crippen molar-refractivity contribution in [1.29, 1.82) is 0 Å². The first-order chi connectivity index (χ1) is 15.0. The molecule has 2 heterocycles. The highest BCUT2D eigenvalue weighted by Crippen LogP contribution is 2.37. The second kappa shape index (κ2) is 11.6. The lowest BCUT2D eigenvalue weighted by Gasteiger charge is -2.33. The van der Waals surface area contributed by atoms with Crippen molar-refractivity contribution in [2.24, 2.45) is 0 Å². The van der Waals surface area contributed by atoms with Gasteiger partial charge in [0.2, 0.25) is 0 Å². The molecule has 0 spiro atoms. The van der Waals surface area contributed by atoms with Crippen molar-refractivity contribution in [3.63, 3.8) is 0 Å². The van der Waals surface area contributed by atoms with E-state index in [0.717, 1.165) is 16.9 Å².